The molecular formula is C13H13BrN2O2. The first-order valence-electron chi connectivity index (χ1n) is 6.04. The summed E-state index contributed by atoms with van der Waals surface area (Å²) in [7, 11) is 0. The summed E-state index contributed by atoms with van der Waals surface area (Å²) < 4.78 is 0.875. The lowest BCUT2D eigenvalue weighted by atomic mass is 10.1. The molecule has 1 aromatic carbocycles. The van der Waals surface area contributed by atoms with Gasteiger partial charge in [0.05, 0.1) is 16.9 Å². The Hall–Kier alpha value is -1.36. The molecule has 0 aliphatic carbocycles. The number of Topliss-reactive ketones (excluding diaryl/α,β-unsaturated/α-hetero) is 1. The Labute approximate surface area is 113 Å². The molecule has 2 heterocycles. The Morgan fingerprint density at radius 3 is 2.83 bits per heavy atom. The maximum Gasteiger partial charge on any atom is 0.296 e. The molecule has 1 saturated heterocycles. The van der Waals surface area contributed by atoms with Crippen molar-refractivity contribution in [2.45, 2.75) is 25.8 Å². The maximum atomic E-state index is 11.6. The van der Waals surface area contributed by atoms with Gasteiger partial charge in [0.25, 0.3) is 11.7 Å². The highest BCUT2D eigenvalue weighted by molar-refractivity contribution is 9.10. The summed E-state index contributed by atoms with van der Waals surface area (Å²) in [6.45, 7) is 3.21. The van der Waals surface area contributed by atoms with E-state index < -0.39 is 11.7 Å². The van der Waals surface area contributed by atoms with Gasteiger partial charge in [0.2, 0.25) is 0 Å². The number of benzene rings is 1. The zero-order chi connectivity index (χ0) is 12.9. The number of anilines is 2. The maximum absolute atomic E-state index is 11.6. The number of nitrogens with zero attached hydrogens (tertiary/aromatic N) is 1. The fourth-order valence-electron chi connectivity index (χ4n) is 2.67. The molecule has 1 amide bonds. The monoisotopic (exact) mass is 308 g/mol. The van der Waals surface area contributed by atoms with Crippen LogP contribution in [0.1, 0.15) is 30.1 Å². The first-order chi connectivity index (χ1) is 8.58. The van der Waals surface area contributed by atoms with E-state index in [-0.39, 0.29) is 0 Å². The van der Waals surface area contributed by atoms with E-state index in [0.717, 1.165) is 16.7 Å². The normalized spacial score (nSPS) is 22.3. The number of hydrogen-bond donors (Lipinski definition) is 1. The summed E-state index contributed by atoms with van der Waals surface area (Å²) in [6, 6.07) is 4.13. The lowest BCUT2D eigenvalue weighted by molar-refractivity contribution is -0.112. The van der Waals surface area contributed by atoms with Crippen LogP contribution in [0.25, 0.3) is 0 Å². The standard InChI is InChI=1S/C13H13BrN2O2/c1-7-3-2-4-16(7)11-6-10-8(5-9(11)14)12(17)13(18)15-10/h5-7H,2-4H2,1H3,(H,15,17,18). The van der Waals surface area contributed by atoms with Gasteiger partial charge in [-0.2, -0.15) is 0 Å². The molecule has 1 N–H and O–H groups in total. The molecule has 1 fully saturated rings. The Morgan fingerprint density at radius 1 is 1.39 bits per heavy atom. The molecule has 0 spiro atoms. The molecule has 1 atom stereocenters. The van der Waals surface area contributed by atoms with Crippen LogP contribution < -0.4 is 10.2 Å². The van der Waals surface area contributed by atoms with Crippen molar-refractivity contribution in [1.29, 1.82) is 0 Å². The highest BCUT2D eigenvalue weighted by atomic mass is 79.9. The van der Waals surface area contributed by atoms with Crippen LogP contribution in [0, 0.1) is 0 Å². The Morgan fingerprint density at radius 2 is 2.17 bits per heavy atom. The van der Waals surface area contributed by atoms with E-state index in [9.17, 15) is 9.59 Å². The van der Waals surface area contributed by atoms with Gasteiger partial charge in [-0.3, -0.25) is 9.59 Å². The Bertz CT molecular complexity index is 556. The zero-order valence-corrected chi connectivity index (χ0v) is 11.6. The fourth-order valence-corrected chi connectivity index (χ4v) is 3.24. The largest absolute Gasteiger partial charge is 0.368 e. The van der Waals surface area contributed by atoms with Gasteiger partial charge in [-0.25, -0.2) is 0 Å². The van der Waals surface area contributed by atoms with Crippen molar-refractivity contribution in [3.8, 4) is 0 Å². The molecule has 0 saturated carbocycles. The van der Waals surface area contributed by atoms with Crippen LogP contribution in [0.3, 0.4) is 0 Å². The molecule has 2 aliphatic heterocycles. The topological polar surface area (TPSA) is 49.4 Å². The number of nitrogens with one attached hydrogen (secondary N) is 1. The number of ketones is 1. The van der Waals surface area contributed by atoms with E-state index in [1.807, 2.05) is 6.07 Å². The number of carbonyl (C=O) groups is 2. The SMILES string of the molecule is CC1CCCN1c1cc2c(cc1Br)C(=O)C(=O)N2. The predicted molar refractivity (Wildman–Crippen MR) is 73.1 cm³/mol. The molecule has 3 rings (SSSR count). The molecule has 1 unspecified atom stereocenters. The smallest absolute Gasteiger partial charge is 0.296 e. The van der Waals surface area contributed by atoms with E-state index in [0.29, 0.717) is 17.3 Å². The van der Waals surface area contributed by atoms with Crippen LogP contribution >= 0.6 is 15.9 Å². The molecule has 2 aliphatic rings. The minimum absolute atomic E-state index is 0.452. The minimum atomic E-state index is -0.538. The number of rotatable bonds is 1. The minimum Gasteiger partial charge on any atom is -0.368 e. The summed E-state index contributed by atoms with van der Waals surface area (Å²) in [4.78, 5) is 25.3. The van der Waals surface area contributed by atoms with Crippen LogP contribution in [0.2, 0.25) is 0 Å². The number of amides is 1. The Balaban J connectivity index is 2.06. The number of carbonyl (C=O) groups excluding carboxylic acids is 2. The molecule has 0 aromatic heterocycles. The third-order valence-corrected chi connectivity index (χ3v) is 4.28. The van der Waals surface area contributed by atoms with Gasteiger partial charge in [-0.05, 0) is 47.8 Å². The van der Waals surface area contributed by atoms with E-state index >= 15 is 0 Å². The summed E-state index contributed by atoms with van der Waals surface area (Å²) in [5, 5.41) is 2.62. The van der Waals surface area contributed by atoms with Gasteiger partial charge in [0, 0.05) is 17.1 Å². The van der Waals surface area contributed by atoms with Crippen LogP contribution in [0.4, 0.5) is 11.4 Å². The second-order valence-corrected chi connectivity index (χ2v) is 5.67. The molecule has 4 nitrogen and oxygen atoms in total. The van der Waals surface area contributed by atoms with Gasteiger partial charge >= 0.3 is 0 Å². The average molecular weight is 309 g/mol. The third-order valence-electron chi connectivity index (χ3n) is 3.65. The van der Waals surface area contributed by atoms with Crippen molar-refractivity contribution in [2.75, 3.05) is 16.8 Å². The first kappa shape index (κ1) is 11.7. The summed E-state index contributed by atoms with van der Waals surface area (Å²) in [5.74, 6) is -0.991. The van der Waals surface area contributed by atoms with E-state index in [1.165, 1.54) is 12.8 Å². The predicted octanol–water partition coefficient (Wildman–Crippen LogP) is 2.57. The van der Waals surface area contributed by atoms with Crippen molar-refractivity contribution in [1.82, 2.24) is 0 Å². The number of hydrogen-bond acceptors (Lipinski definition) is 3. The van der Waals surface area contributed by atoms with E-state index in [1.54, 1.807) is 6.07 Å². The quantitative estimate of drug-likeness (QED) is 0.811. The van der Waals surface area contributed by atoms with Crippen molar-refractivity contribution < 1.29 is 9.59 Å². The molecule has 1 aromatic rings. The van der Waals surface area contributed by atoms with Crippen LogP contribution in [0.5, 0.6) is 0 Å². The first-order valence-corrected chi connectivity index (χ1v) is 6.83. The summed E-state index contributed by atoms with van der Waals surface area (Å²) in [6.07, 6.45) is 2.35. The molecule has 94 valence electrons. The summed E-state index contributed by atoms with van der Waals surface area (Å²) in [5.41, 5.74) is 2.14. The van der Waals surface area contributed by atoms with Gasteiger partial charge < -0.3 is 10.2 Å². The fraction of sp³-hybridized carbons (Fsp3) is 0.385. The number of fused-ring (bicyclic) bond motifs is 1. The van der Waals surface area contributed by atoms with Gasteiger partial charge in [0.15, 0.2) is 0 Å². The van der Waals surface area contributed by atoms with Gasteiger partial charge in [-0.1, -0.05) is 0 Å². The zero-order valence-electron chi connectivity index (χ0n) is 10.00. The van der Waals surface area contributed by atoms with Crippen LogP contribution in [-0.4, -0.2) is 24.3 Å². The molecule has 0 radical (unpaired) electrons. The van der Waals surface area contributed by atoms with Gasteiger partial charge in [-0.15, -0.1) is 0 Å². The van der Waals surface area contributed by atoms with E-state index in [4.69, 9.17) is 0 Å². The molecule has 0 bridgehead atoms. The summed E-state index contributed by atoms with van der Waals surface area (Å²) >= 11 is 3.50. The average Bonchev–Trinajstić information content (AvgIpc) is 2.86. The van der Waals surface area contributed by atoms with Crippen molar-refractivity contribution in [3.63, 3.8) is 0 Å². The highest BCUT2D eigenvalue weighted by Gasteiger charge is 2.31. The molecular weight excluding hydrogens is 296 g/mol. The van der Waals surface area contributed by atoms with E-state index in [2.05, 4.69) is 33.1 Å². The molecule has 18 heavy (non-hydrogen) atoms. The van der Waals surface area contributed by atoms with Crippen molar-refractivity contribution in [3.05, 3.63) is 22.2 Å². The second kappa shape index (κ2) is 4.09. The number of halogens is 1. The third kappa shape index (κ3) is 1.65. The van der Waals surface area contributed by atoms with Crippen molar-refractivity contribution in [2.24, 2.45) is 0 Å². The Kier molecular flexibility index (Phi) is 2.66. The van der Waals surface area contributed by atoms with Crippen LogP contribution in [0.15, 0.2) is 16.6 Å². The lowest BCUT2D eigenvalue weighted by Crippen LogP contribution is -2.26. The van der Waals surface area contributed by atoms with Crippen LogP contribution in [-0.2, 0) is 4.79 Å². The lowest BCUT2D eigenvalue weighted by Gasteiger charge is -2.25. The van der Waals surface area contributed by atoms with Crippen molar-refractivity contribution >= 4 is 39.0 Å². The molecule has 5 heteroatoms. The van der Waals surface area contributed by atoms with Gasteiger partial charge in [0.1, 0.15) is 0 Å². The highest BCUT2D eigenvalue weighted by Crippen LogP contribution is 2.38. The second-order valence-electron chi connectivity index (χ2n) is 4.82.